The first kappa shape index (κ1) is 14.1. The number of hydrogen-bond acceptors (Lipinski definition) is 4. The topological polar surface area (TPSA) is 38.0 Å². The molecule has 0 saturated carbocycles. The van der Waals surface area contributed by atoms with Crippen LogP contribution in [0.1, 0.15) is 18.5 Å². The van der Waals surface area contributed by atoms with Gasteiger partial charge in [0.25, 0.3) is 0 Å². The molecule has 2 nitrogen and oxygen atoms in total. The lowest BCUT2D eigenvalue weighted by atomic mass is 10.0. The molecule has 3 N–H and O–H groups in total. The molecule has 1 aromatic rings. The Kier molecular flexibility index (Phi) is 4.89. The van der Waals surface area contributed by atoms with Gasteiger partial charge in [-0.2, -0.15) is 23.5 Å². The van der Waals surface area contributed by atoms with Crippen molar-refractivity contribution in [3.05, 3.63) is 35.4 Å². The maximum absolute atomic E-state index is 13.8. The van der Waals surface area contributed by atoms with E-state index in [-0.39, 0.29) is 11.3 Å². The molecule has 0 aliphatic carbocycles. The first-order chi connectivity index (χ1) is 8.63. The van der Waals surface area contributed by atoms with Gasteiger partial charge in [-0.15, -0.1) is 0 Å². The van der Waals surface area contributed by atoms with Crippen LogP contribution in [0.5, 0.6) is 0 Å². The molecule has 100 valence electrons. The molecule has 2 rings (SSSR count). The van der Waals surface area contributed by atoms with Gasteiger partial charge in [-0.3, -0.25) is 11.3 Å². The van der Waals surface area contributed by atoms with Gasteiger partial charge in [-0.1, -0.05) is 6.92 Å². The van der Waals surface area contributed by atoms with Crippen LogP contribution in [0, 0.1) is 11.6 Å². The zero-order valence-corrected chi connectivity index (χ0v) is 11.7. The highest BCUT2D eigenvalue weighted by atomic mass is 32.2. The Balaban J connectivity index is 2.29. The van der Waals surface area contributed by atoms with Crippen LogP contribution < -0.4 is 11.3 Å². The van der Waals surface area contributed by atoms with E-state index in [4.69, 9.17) is 5.84 Å². The molecule has 1 fully saturated rings. The average Bonchev–Trinajstić information content (AvgIpc) is 2.36. The third kappa shape index (κ3) is 2.99. The van der Waals surface area contributed by atoms with E-state index in [0.717, 1.165) is 23.6 Å². The average molecular weight is 290 g/mol. The number of benzene rings is 1. The van der Waals surface area contributed by atoms with Crippen molar-refractivity contribution in [2.45, 2.75) is 23.5 Å². The quantitative estimate of drug-likeness (QED) is 0.663. The number of thioether (sulfide) groups is 2. The van der Waals surface area contributed by atoms with Crippen molar-refractivity contribution in [3.63, 3.8) is 0 Å². The normalized spacial score (nSPS) is 26.0. The number of hydrogen-bond donors (Lipinski definition) is 2. The zero-order valence-electron chi connectivity index (χ0n) is 10.0. The van der Waals surface area contributed by atoms with E-state index in [2.05, 4.69) is 12.3 Å². The molecule has 1 aliphatic heterocycles. The highest BCUT2D eigenvalue weighted by Crippen LogP contribution is 2.39. The van der Waals surface area contributed by atoms with Gasteiger partial charge in [0.15, 0.2) is 0 Å². The van der Waals surface area contributed by atoms with Gasteiger partial charge in [0.05, 0.1) is 6.04 Å². The summed E-state index contributed by atoms with van der Waals surface area (Å²) in [6.45, 7) is 2.10. The van der Waals surface area contributed by atoms with Crippen molar-refractivity contribution in [1.29, 1.82) is 0 Å². The van der Waals surface area contributed by atoms with Gasteiger partial charge in [0, 0.05) is 27.6 Å². The SMILES string of the molecule is CC1SCCSC1C(NN)c1cc(F)ccc1F. The van der Waals surface area contributed by atoms with E-state index in [1.807, 2.05) is 11.8 Å². The lowest BCUT2D eigenvalue weighted by Gasteiger charge is -2.34. The molecule has 0 radical (unpaired) electrons. The summed E-state index contributed by atoms with van der Waals surface area (Å²) in [5.41, 5.74) is 2.96. The predicted molar refractivity (Wildman–Crippen MR) is 74.6 cm³/mol. The van der Waals surface area contributed by atoms with Gasteiger partial charge in [-0.05, 0) is 18.2 Å². The fraction of sp³-hybridized carbons (Fsp3) is 0.500. The summed E-state index contributed by atoms with van der Waals surface area (Å²) in [5.74, 6) is 6.80. The van der Waals surface area contributed by atoms with Crippen LogP contribution in [0.2, 0.25) is 0 Å². The highest BCUT2D eigenvalue weighted by Gasteiger charge is 2.32. The third-order valence-electron chi connectivity index (χ3n) is 3.04. The summed E-state index contributed by atoms with van der Waals surface area (Å²) in [5, 5.41) is 0.498. The molecule has 3 atom stereocenters. The van der Waals surface area contributed by atoms with E-state index in [0.29, 0.717) is 10.8 Å². The summed E-state index contributed by atoms with van der Waals surface area (Å²) in [7, 11) is 0. The van der Waals surface area contributed by atoms with Crippen LogP contribution in [-0.4, -0.2) is 22.0 Å². The van der Waals surface area contributed by atoms with Crippen LogP contribution in [0.25, 0.3) is 0 Å². The molecule has 1 aromatic carbocycles. The molecule has 1 saturated heterocycles. The Morgan fingerprint density at radius 1 is 1.33 bits per heavy atom. The summed E-state index contributed by atoms with van der Waals surface area (Å²) >= 11 is 3.60. The number of nitrogens with two attached hydrogens (primary N) is 1. The molecule has 0 aromatic heterocycles. The molecular formula is C12H16F2N2S2. The summed E-state index contributed by atoms with van der Waals surface area (Å²) < 4.78 is 27.1. The van der Waals surface area contributed by atoms with Crippen molar-refractivity contribution in [2.24, 2.45) is 5.84 Å². The van der Waals surface area contributed by atoms with Crippen LogP contribution in [-0.2, 0) is 0 Å². The van der Waals surface area contributed by atoms with E-state index >= 15 is 0 Å². The molecule has 0 amide bonds. The summed E-state index contributed by atoms with van der Waals surface area (Å²) in [6, 6.07) is 3.14. The van der Waals surface area contributed by atoms with Gasteiger partial charge in [-0.25, -0.2) is 8.78 Å². The molecule has 1 heterocycles. The van der Waals surface area contributed by atoms with Crippen LogP contribution in [0.3, 0.4) is 0 Å². The van der Waals surface area contributed by atoms with Crippen LogP contribution in [0.4, 0.5) is 8.78 Å². The molecule has 0 spiro atoms. The first-order valence-corrected chi connectivity index (χ1v) is 7.87. The Morgan fingerprint density at radius 2 is 2.06 bits per heavy atom. The minimum Gasteiger partial charge on any atom is -0.271 e. The predicted octanol–water partition coefficient (Wildman–Crippen LogP) is 2.71. The first-order valence-electron chi connectivity index (χ1n) is 5.77. The van der Waals surface area contributed by atoms with E-state index in [9.17, 15) is 8.78 Å². The Bertz CT molecular complexity index is 417. The van der Waals surface area contributed by atoms with Crippen LogP contribution in [0.15, 0.2) is 18.2 Å². The Hall–Kier alpha value is -0.300. The highest BCUT2D eigenvalue weighted by molar-refractivity contribution is 8.07. The Labute approximate surface area is 114 Å². The fourth-order valence-electron chi connectivity index (χ4n) is 2.13. The molecule has 6 heteroatoms. The summed E-state index contributed by atoms with van der Waals surface area (Å²) in [6.07, 6.45) is 0. The molecule has 1 aliphatic rings. The lowest BCUT2D eigenvalue weighted by Crippen LogP contribution is -2.41. The smallest absolute Gasteiger partial charge is 0.128 e. The van der Waals surface area contributed by atoms with Gasteiger partial charge < -0.3 is 0 Å². The molecular weight excluding hydrogens is 274 g/mol. The van der Waals surface area contributed by atoms with Gasteiger partial charge in [0.1, 0.15) is 11.6 Å². The largest absolute Gasteiger partial charge is 0.271 e. The number of rotatable bonds is 3. The number of hydrazine groups is 1. The van der Waals surface area contributed by atoms with Crippen LogP contribution >= 0.6 is 23.5 Å². The number of halogens is 2. The standard InChI is InChI=1S/C12H16F2N2S2/c1-7-12(18-5-4-17-7)11(16-15)9-6-8(13)2-3-10(9)14/h2-3,6-7,11-12,16H,4-5,15H2,1H3. The zero-order chi connectivity index (χ0) is 13.1. The van der Waals surface area contributed by atoms with Crippen molar-refractivity contribution in [1.82, 2.24) is 5.43 Å². The van der Waals surface area contributed by atoms with Crippen molar-refractivity contribution in [2.75, 3.05) is 11.5 Å². The molecule has 18 heavy (non-hydrogen) atoms. The van der Waals surface area contributed by atoms with E-state index < -0.39 is 11.6 Å². The Morgan fingerprint density at radius 3 is 2.72 bits per heavy atom. The minimum absolute atomic E-state index is 0.144. The second-order valence-corrected chi connectivity index (χ2v) is 6.99. The maximum atomic E-state index is 13.8. The van der Waals surface area contributed by atoms with Crippen molar-refractivity contribution >= 4 is 23.5 Å². The van der Waals surface area contributed by atoms with Gasteiger partial charge >= 0.3 is 0 Å². The van der Waals surface area contributed by atoms with E-state index in [1.165, 1.54) is 6.07 Å². The van der Waals surface area contributed by atoms with Crippen molar-refractivity contribution < 1.29 is 8.78 Å². The fourth-order valence-corrected chi connectivity index (χ4v) is 5.05. The van der Waals surface area contributed by atoms with Crippen molar-refractivity contribution in [3.8, 4) is 0 Å². The second-order valence-electron chi connectivity index (χ2n) is 4.22. The van der Waals surface area contributed by atoms with Gasteiger partial charge in [0.2, 0.25) is 0 Å². The maximum Gasteiger partial charge on any atom is 0.128 e. The molecule has 0 bridgehead atoms. The second kappa shape index (κ2) is 6.23. The molecule has 3 unspecified atom stereocenters. The third-order valence-corrected chi connectivity index (χ3v) is 6.23. The minimum atomic E-state index is -0.437. The monoisotopic (exact) mass is 290 g/mol. The summed E-state index contributed by atoms with van der Waals surface area (Å²) in [4.78, 5) is 0. The van der Waals surface area contributed by atoms with E-state index in [1.54, 1.807) is 11.8 Å². The number of nitrogens with one attached hydrogen (secondary N) is 1. The lowest BCUT2D eigenvalue weighted by molar-refractivity contribution is 0.487.